The zero-order valence-corrected chi connectivity index (χ0v) is 24.7. The number of fused-ring (bicyclic) bond motifs is 1. The maximum atomic E-state index is 15.8. The van der Waals surface area contributed by atoms with Gasteiger partial charge in [-0.1, -0.05) is 24.8 Å². The van der Waals surface area contributed by atoms with E-state index < -0.39 is 44.2 Å². The van der Waals surface area contributed by atoms with E-state index >= 15 is 4.39 Å². The van der Waals surface area contributed by atoms with Gasteiger partial charge in [0.05, 0.1) is 21.5 Å². The number of rotatable bonds is 5. The minimum absolute atomic E-state index is 0.0373. The largest absolute Gasteiger partial charge is 0.507 e. The molecule has 224 valence electrons. The Morgan fingerprint density at radius 2 is 1.77 bits per heavy atom. The number of hydrogen-bond donors (Lipinski definition) is 1. The summed E-state index contributed by atoms with van der Waals surface area (Å²) in [7, 11) is -3.88. The van der Waals surface area contributed by atoms with Gasteiger partial charge >= 0.3 is 5.69 Å². The van der Waals surface area contributed by atoms with Crippen molar-refractivity contribution in [2.24, 2.45) is 0 Å². The van der Waals surface area contributed by atoms with Crippen molar-refractivity contribution in [1.82, 2.24) is 19.4 Å². The molecule has 43 heavy (non-hydrogen) atoms. The van der Waals surface area contributed by atoms with E-state index in [2.05, 4.69) is 16.5 Å². The van der Waals surface area contributed by atoms with Crippen molar-refractivity contribution in [1.29, 1.82) is 0 Å². The number of nitrogens with zero attached hydrogens (tertiary/aromatic N) is 5. The third-order valence-corrected chi connectivity index (χ3v) is 8.70. The van der Waals surface area contributed by atoms with Crippen LogP contribution in [0.3, 0.4) is 0 Å². The van der Waals surface area contributed by atoms with Crippen molar-refractivity contribution in [3.63, 3.8) is 0 Å². The highest BCUT2D eigenvalue weighted by Gasteiger charge is 2.34. The van der Waals surface area contributed by atoms with Gasteiger partial charge in [0, 0.05) is 31.4 Å². The Hall–Kier alpha value is -4.65. The third-order valence-electron chi connectivity index (χ3n) is 7.57. The molecule has 0 bridgehead atoms. The molecule has 0 spiro atoms. The highest BCUT2D eigenvalue weighted by atomic mass is 32.2. The van der Waals surface area contributed by atoms with E-state index in [1.807, 2.05) is 13.8 Å². The normalized spacial score (nSPS) is 17.3. The number of benzene rings is 2. The van der Waals surface area contributed by atoms with Gasteiger partial charge in [-0.2, -0.15) is 4.98 Å². The molecule has 5 rings (SSSR count). The Kier molecular flexibility index (Phi) is 7.55. The van der Waals surface area contributed by atoms with Gasteiger partial charge in [0.25, 0.3) is 0 Å². The predicted octanol–water partition coefficient (Wildman–Crippen LogP) is 3.76. The molecule has 1 aliphatic heterocycles. The van der Waals surface area contributed by atoms with Crippen LogP contribution in [0.2, 0.25) is 0 Å². The maximum absolute atomic E-state index is 15.8. The molecule has 0 radical (unpaired) electrons. The zero-order chi connectivity index (χ0) is 31.4. The van der Waals surface area contributed by atoms with Crippen LogP contribution in [0, 0.1) is 18.6 Å². The first-order chi connectivity index (χ1) is 20.2. The molecule has 1 amide bonds. The van der Waals surface area contributed by atoms with Crippen molar-refractivity contribution < 1.29 is 27.1 Å². The number of amides is 1. The predicted molar refractivity (Wildman–Crippen MR) is 158 cm³/mol. The van der Waals surface area contributed by atoms with Gasteiger partial charge in [-0.05, 0) is 56.7 Å². The van der Waals surface area contributed by atoms with Crippen LogP contribution < -0.4 is 10.6 Å². The van der Waals surface area contributed by atoms with Gasteiger partial charge < -0.3 is 14.9 Å². The molecule has 0 saturated carbocycles. The lowest BCUT2D eigenvalue weighted by Gasteiger charge is -2.44. The fourth-order valence-corrected chi connectivity index (χ4v) is 6.44. The summed E-state index contributed by atoms with van der Waals surface area (Å²) in [4.78, 5) is 38.2. The second-order valence-corrected chi connectivity index (χ2v) is 12.6. The molecule has 2 aromatic carbocycles. The number of anilines is 1. The van der Waals surface area contributed by atoms with E-state index in [1.54, 1.807) is 22.8 Å². The number of pyridine rings is 1. The number of aryl methyl sites for hydroxylation is 1. The summed E-state index contributed by atoms with van der Waals surface area (Å²) in [6.45, 7) is 9.26. The molecule has 10 nitrogen and oxygen atoms in total. The smallest absolute Gasteiger partial charge is 0.355 e. The van der Waals surface area contributed by atoms with Crippen LogP contribution in [0.5, 0.6) is 5.75 Å². The molecule has 0 aliphatic carbocycles. The number of piperazine rings is 1. The number of phenols is 1. The molecular weight excluding hydrogens is 580 g/mol. The van der Waals surface area contributed by atoms with Crippen LogP contribution in [0.1, 0.15) is 19.4 Å². The fourth-order valence-electron chi connectivity index (χ4n) is 5.51. The van der Waals surface area contributed by atoms with Gasteiger partial charge in [0.1, 0.15) is 23.1 Å². The van der Waals surface area contributed by atoms with Gasteiger partial charge in [-0.15, -0.1) is 0 Å². The van der Waals surface area contributed by atoms with Crippen LogP contribution in [0.25, 0.3) is 28.0 Å². The molecular formula is C30H29F2N5O5S. The highest BCUT2D eigenvalue weighted by molar-refractivity contribution is 7.90. The Labute approximate surface area is 246 Å². The molecule has 1 N–H and O–H groups in total. The number of phenolic OH excluding ortho intramolecular Hbond substituents is 1. The Morgan fingerprint density at radius 1 is 1.07 bits per heavy atom. The van der Waals surface area contributed by atoms with E-state index in [0.29, 0.717) is 5.56 Å². The summed E-state index contributed by atoms with van der Waals surface area (Å²) >= 11 is 0. The SMILES string of the molecule is C=CC(=O)N1C[C@H](C)N(c2nc(=O)n(-c3c(C)cccc3S(C)(=O)=O)c3nc(-c4c(O)cccc4F)c(F)cc23)C[C@@H]1C. The molecule has 1 saturated heterocycles. The summed E-state index contributed by atoms with van der Waals surface area (Å²) in [6, 6.07) is 8.23. The van der Waals surface area contributed by atoms with Crippen LogP contribution >= 0.6 is 0 Å². The zero-order valence-electron chi connectivity index (χ0n) is 23.9. The summed E-state index contributed by atoms with van der Waals surface area (Å²) in [6.07, 6.45) is 2.21. The monoisotopic (exact) mass is 609 g/mol. The maximum Gasteiger partial charge on any atom is 0.355 e. The number of sulfone groups is 1. The van der Waals surface area contributed by atoms with Crippen LogP contribution in [0.4, 0.5) is 14.6 Å². The summed E-state index contributed by atoms with van der Waals surface area (Å²) in [5.74, 6) is -2.73. The lowest BCUT2D eigenvalue weighted by atomic mass is 10.1. The first kappa shape index (κ1) is 29.8. The van der Waals surface area contributed by atoms with Crippen LogP contribution in [0.15, 0.2) is 64.8 Å². The summed E-state index contributed by atoms with van der Waals surface area (Å²) in [5.41, 5.74) is -1.85. The van der Waals surface area contributed by atoms with E-state index in [0.717, 1.165) is 23.0 Å². The molecule has 1 aliphatic rings. The van der Waals surface area contributed by atoms with E-state index in [1.165, 1.54) is 30.3 Å². The molecule has 2 aromatic heterocycles. The van der Waals surface area contributed by atoms with E-state index in [4.69, 9.17) is 0 Å². The van der Waals surface area contributed by atoms with Crippen LogP contribution in [-0.2, 0) is 14.6 Å². The molecule has 0 unspecified atom stereocenters. The number of aromatic nitrogens is 3. The Morgan fingerprint density at radius 3 is 2.42 bits per heavy atom. The number of hydrogen-bond acceptors (Lipinski definition) is 8. The average molecular weight is 610 g/mol. The minimum atomic E-state index is -3.88. The second kappa shape index (κ2) is 10.9. The van der Waals surface area contributed by atoms with Gasteiger partial charge in [-0.3, -0.25) is 4.79 Å². The van der Waals surface area contributed by atoms with Crippen molar-refractivity contribution >= 4 is 32.6 Å². The van der Waals surface area contributed by atoms with E-state index in [9.17, 15) is 27.5 Å². The van der Waals surface area contributed by atoms with Gasteiger partial charge in [0.2, 0.25) is 5.91 Å². The van der Waals surface area contributed by atoms with E-state index in [-0.39, 0.29) is 58.5 Å². The van der Waals surface area contributed by atoms with Crippen LogP contribution in [-0.4, -0.2) is 70.3 Å². The number of halogens is 2. The lowest BCUT2D eigenvalue weighted by molar-refractivity contribution is -0.128. The second-order valence-electron chi connectivity index (χ2n) is 10.6. The number of para-hydroxylation sites is 1. The van der Waals surface area contributed by atoms with Gasteiger partial charge in [0.15, 0.2) is 21.3 Å². The lowest BCUT2D eigenvalue weighted by Crippen LogP contribution is -2.58. The van der Waals surface area contributed by atoms with Crippen molar-refractivity contribution in [3.05, 3.63) is 82.8 Å². The number of aromatic hydroxyl groups is 1. The standard InChI is InChI=1S/C30H29F2N5O5S/c1-6-24(39)35-14-18(4)36(15-17(35)3)28-19-13-21(32)26(25-20(31)10-8-11-22(25)38)33-29(19)37(30(40)34-28)27-16(2)9-7-12-23(27)43(5,41)42/h6-13,17-18,38H,1,14-15H2,2-5H3/t17-,18-/m0/s1. The van der Waals surface area contributed by atoms with Gasteiger partial charge in [-0.25, -0.2) is 31.5 Å². The molecule has 2 atom stereocenters. The third kappa shape index (κ3) is 5.13. The number of carbonyl (C=O) groups excluding carboxylic acids is 1. The highest BCUT2D eigenvalue weighted by Crippen LogP contribution is 2.37. The fraction of sp³-hybridized carbons (Fsp3) is 0.267. The van der Waals surface area contributed by atoms with Crippen molar-refractivity contribution in [3.8, 4) is 22.7 Å². The summed E-state index contributed by atoms with van der Waals surface area (Å²) in [5, 5.41) is 10.5. The Balaban J connectivity index is 1.87. The van der Waals surface area contributed by atoms with Crippen molar-refractivity contribution in [2.75, 3.05) is 24.2 Å². The number of carbonyl (C=O) groups is 1. The quantitative estimate of drug-likeness (QED) is 0.339. The molecule has 4 aromatic rings. The molecule has 3 heterocycles. The topological polar surface area (TPSA) is 126 Å². The first-order valence-electron chi connectivity index (χ1n) is 13.4. The minimum Gasteiger partial charge on any atom is -0.507 e. The molecule has 1 fully saturated rings. The average Bonchev–Trinajstić information content (AvgIpc) is 2.93. The van der Waals surface area contributed by atoms with Crippen molar-refractivity contribution in [2.45, 2.75) is 37.8 Å². The Bertz CT molecular complexity index is 1960. The molecule has 13 heteroatoms. The first-order valence-corrected chi connectivity index (χ1v) is 15.2. The summed E-state index contributed by atoms with van der Waals surface area (Å²) < 4.78 is 57.4.